The topological polar surface area (TPSA) is 42.0 Å². The molecule has 4 aromatic rings. The van der Waals surface area contributed by atoms with Crippen LogP contribution in [0.2, 0.25) is 15.1 Å². The lowest BCUT2D eigenvalue weighted by molar-refractivity contribution is 0.102. The van der Waals surface area contributed by atoms with Crippen molar-refractivity contribution in [3.63, 3.8) is 0 Å². The van der Waals surface area contributed by atoms with Crippen molar-refractivity contribution in [1.29, 1.82) is 0 Å². The van der Waals surface area contributed by atoms with E-state index in [0.717, 1.165) is 19.7 Å². The number of anilines is 1. The highest BCUT2D eigenvalue weighted by Gasteiger charge is 2.17. The molecule has 3 nitrogen and oxygen atoms in total. The number of carbonyl (C=O) groups is 1. The molecule has 8 heteroatoms. The van der Waals surface area contributed by atoms with Crippen molar-refractivity contribution in [2.75, 3.05) is 5.32 Å². The van der Waals surface area contributed by atoms with Crippen LogP contribution in [0.25, 0.3) is 20.8 Å². The van der Waals surface area contributed by atoms with E-state index >= 15 is 0 Å². The molecule has 0 spiro atoms. The van der Waals surface area contributed by atoms with Gasteiger partial charge in [-0.1, -0.05) is 62.9 Å². The number of amides is 1. The number of aromatic nitrogens is 1. The van der Waals surface area contributed by atoms with Gasteiger partial charge in [-0.25, -0.2) is 4.98 Å². The molecule has 1 heterocycles. The van der Waals surface area contributed by atoms with Crippen molar-refractivity contribution in [1.82, 2.24) is 4.98 Å². The first-order chi connectivity index (χ1) is 13.4. The van der Waals surface area contributed by atoms with Crippen LogP contribution in [0.3, 0.4) is 0 Å². The summed E-state index contributed by atoms with van der Waals surface area (Å²) in [5, 5.41) is 4.69. The van der Waals surface area contributed by atoms with E-state index in [-0.39, 0.29) is 5.91 Å². The van der Waals surface area contributed by atoms with E-state index < -0.39 is 0 Å². The van der Waals surface area contributed by atoms with Crippen LogP contribution in [-0.2, 0) is 0 Å². The molecule has 1 amide bonds. The monoisotopic (exact) mass is 510 g/mol. The van der Waals surface area contributed by atoms with Gasteiger partial charge in [0, 0.05) is 10.0 Å². The van der Waals surface area contributed by atoms with Crippen LogP contribution in [0.15, 0.2) is 59.1 Å². The summed E-state index contributed by atoms with van der Waals surface area (Å²) in [7, 11) is 0. The normalized spacial score (nSPS) is 11.0. The second-order valence-electron chi connectivity index (χ2n) is 5.88. The molecule has 140 valence electrons. The van der Waals surface area contributed by atoms with E-state index in [1.165, 1.54) is 11.3 Å². The number of benzene rings is 3. The summed E-state index contributed by atoms with van der Waals surface area (Å²) >= 11 is 23.7. The van der Waals surface area contributed by atoms with Crippen LogP contribution in [0.1, 0.15) is 10.4 Å². The number of nitrogens with one attached hydrogen (secondary N) is 1. The fourth-order valence-corrected chi connectivity index (χ4v) is 4.79. The maximum absolute atomic E-state index is 12.7. The number of thiazole rings is 1. The number of hydrogen-bond donors (Lipinski definition) is 1. The predicted octanol–water partition coefficient (Wildman–Crippen LogP) is 7.94. The molecule has 0 fully saturated rings. The zero-order valence-electron chi connectivity index (χ0n) is 14.0. The van der Waals surface area contributed by atoms with Gasteiger partial charge in [-0.2, -0.15) is 0 Å². The van der Waals surface area contributed by atoms with Gasteiger partial charge >= 0.3 is 0 Å². The first-order valence-corrected chi connectivity index (χ1v) is 10.8. The van der Waals surface area contributed by atoms with Crippen LogP contribution in [0.5, 0.6) is 0 Å². The van der Waals surface area contributed by atoms with E-state index in [9.17, 15) is 4.79 Å². The van der Waals surface area contributed by atoms with Gasteiger partial charge in [0.1, 0.15) is 5.01 Å². The van der Waals surface area contributed by atoms with Crippen molar-refractivity contribution >= 4 is 83.9 Å². The smallest absolute Gasteiger partial charge is 0.257 e. The van der Waals surface area contributed by atoms with E-state index in [0.29, 0.717) is 31.9 Å². The van der Waals surface area contributed by atoms with Crippen molar-refractivity contribution in [2.24, 2.45) is 0 Å². The molecule has 0 bridgehead atoms. The van der Waals surface area contributed by atoms with Crippen molar-refractivity contribution in [3.8, 4) is 10.6 Å². The van der Waals surface area contributed by atoms with Crippen molar-refractivity contribution in [3.05, 3.63) is 79.7 Å². The molecule has 0 aliphatic carbocycles. The Morgan fingerprint density at radius 1 is 0.964 bits per heavy atom. The summed E-state index contributed by atoms with van der Waals surface area (Å²) in [6.45, 7) is 0. The molecule has 4 rings (SSSR count). The van der Waals surface area contributed by atoms with Crippen LogP contribution >= 0.6 is 62.1 Å². The fraction of sp³-hybridized carbons (Fsp3) is 0. The zero-order valence-corrected chi connectivity index (χ0v) is 18.6. The van der Waals surface area contributed by atoms with Gasteiger partial charge in [0.2, 0.25) is 0 Å². The Morgan fingerprint density at radius 2 is 1.75 bits per heavy atom. The van der Waals surface area contributed by atoms with Gasteiger partial charge in [-0.3, -0.25) is 4.79 Å². The van der Waals surface area contributed by atoms with Crippen molar-refractivity contribution in [2.45, 2.75) is 0 Å². The van der Waals surface area contributed by atoms with Crippen LogP contribution < -0.4 is 5.32 Å². The number of rotatable bonds is 3. The molecule has 1 aromatic heterocycles. The Balaban J connectivity index is 1.73. The minimum atomic E-state index is -0.370. The van der Waals surface area contributed by atoms with E-state index in [4.69, 9.17) is 34.8 Å². The molecular weight excluding hydrogens is 503 g/mol. The van der Waals surface area contributed by atoms with Gasteiger partial charge in [0.25, 0.3) is 5.91 Å². The van der Waals surface area contributed by atoms with Gasteiger partial charge in [-0.05, 0) is 42.5 Å². The number of carbonyl (C=O) groups excluding carboxylic acids is 1. The Labute approximate surface area is 188 Å². The molecule has 28 heavy (non-hydrogen) atoms. The Bertz CT molecular complexity index is 1190. The second kappa shape index (κ2) is 8.01. The number of fused-ring (bicyclic) bond motifs is 1. The van der Waals surface area contributed by atoms with E-state index in [1.54, 1.807) is 30.3 Å². The summed E-state index contributed by atoms with van der Waals surface area (Å²) in [6, 6.07) is 16.2. The van der Waals surface area contributed by atoms with Gasteiger partial charge in [0.05, 0.1) is 36.5 Å². The number of nitrogens with zero attached hydrogens (tertiary/aromatic N) is 1. The summed E-state index contributed by atoms with van der Waals surface area (Å²) in [5.74, 6) is -0.370. The van der Waals surface area contributed by atoms with Gasteiger partial charge in [-0.15, -0.1) is 11.3 Å². The second-order valence-corrected chi connectivity index (χ2v) is 9.04. The van der Waals surface area contributed by atoms with E-state index in [2.05, 4.69) is 26.2 Å². The molecule has 0 saturated heterocycles. The average Bonchev–Trinajstić information content (AvgIpc) is 3.09. The molecule has 0 unspecified atom stereocenters. The quantitative estimate of drug-likeness (QED) is 0.303. The molecule has 1 N–H and O–H groups in total. The summed E-state index contributed by atoms with van der Waals surface area (Å²) in [5.41, 5.74) is 2.35. The van der Waals surface area contributed by atoms with Gasteiger partial charge in [0.15, 0.2) is 0 Å². The Hall–Kier alpha value is -1.63. The van der Waals surface area contributed by atoms with Crippen LogP contribution in [0, 0.1) is 0 Å². The lowest BCUT2D eigenvalue weighted by Gasteiger charge is -2.11. The Kier molecular flexibility index (Phi) is 5.63. The lowest BCUT2D eigenvalue weighted by Crippen LogP contribution is -2.13. The maximum Gasteiger partial charge on any atom is 0.257 e. The predicted molar refractivity (Wildman–Crippen MR) is 122 cm³/mol. The Morgan fingerprint density at radius 3 is 2.54 bits per heavy atom. The van der Waals surface area contributed by atoms with E-state index in [1.807, 2.05) is 24.3 Å². The maximum atomic E-state index is 12.7. The number of hydrogen-bond acceptors (Lipinski definition) is 3. The third-order valence-corrected chi connectivity index (χ3v) is 6.52. The molecule has 0 radical (unpaired) electrons. The largest absolute Gasteiger partial charge is 0.321 e. The third-order valence-electron chi connectivity index (χ3n) is 4.00. The first kappa shape index (κ1) is 19.7. The SMILES string of the molecule is O=C(Nc1cc(-c2nc3ccccc3s2)c(Cl)cc1Cl)c1cc(Br)ccc1Cl. The summed E-state index contributed by atoms with van der Waals surface area (Å²) in [4.78, 5) is 17.3. The molecule has 0 saturated carbocycles. The fourth-order valence-electron chi connectivity index (χ4n) is 2.66. The molecule has 3 aromatic carbocycles. The number of para-hydroxylation sites is 1. The van der Waals surface area contributed by atoms with Crippen LogP contribution in [0.4, 0.5) is 5.69 Å². The molecule has 0 aliphatic heterocycles. The molecule has 0 atom stereocenters. The van der Waals surface area contributed by atoms with Crippen molar-refractivity contribution < 1.29 is 4.79 Å². The highest BCUT2D eigenvalue weighted by molar-refractivity contribution is 9.10. The molecular formula is C20H10BrCl3N2OS. The minimum absolute atomic E-state index is 0.328. The van der Waals surface area contributed by atoms with Crippen LogP contribution in [-0.4, -0.2) is 10.9 Å². The number of halogens is 4. The highest BCUT2D eigenvalue weighted by Crippen LogP contribution is 2.39. The average molecular weight is 513 g/mol. The van der Waals surface area contributed by atoms with Gasteiger partial charge < -0.3 is 5.32 Å². The third kappa shape index (κ3) is 3.91. The highest BCUT2D eigenvalue weighted by atomic mass is 79.9. The lowest BCUT2D eigenvalue weighted by atomic mass is 10.1. The minimum Gasteiger partial charge on any atom is -0.321 e. The zero-order chi connectivity index (χ0) is 19.8. The summed E-state index contributed by atoms with van der Waals surface area (Å²) < 4.78 is 1.80. The first-order valence-electron chi connectivity index (χ1n) is 8.04. The summed E-state index contributed by atoms with van der Waals surface area (Å²) in [6.07, 6.45) is 0. The molecule has 0 aliphatic rings. The standard InChI is InChI=1S/C20H10BrCl3N2OS/c21-10-5-6-13(22)11(7-10)19(27)25-17-8-12(14(23)9-15(17)24)20-26-16-3-1-2-4-18(16)28-20/h1-9H,(H,25,27).